The molecule has 0 unspecified atom stereocenters. The number of hydrogen-bond donors (Lipinski definition) is 2. The summed E-state index contributed by atoms with van der Waals surface area (Å²) in [6.45, 7) is 7.23. The number of hydrogen-bond acceptors (Lipinski definition) is 6. The molecule has 1 aromatic heterocycles. The molecule has 0 atom stereocenters. The van der Waals surface area contributed by atoms with Crippen LogP contribution in [0.4, 0.5) is 11.6 Å². The van der Waals surface area contributed by atoms with E-state index in [1.165, 1.54) is 24.3 Å². The van der Waals surface area contributed by atoms with Gasteiger partial charge in [0.1, 0.15) is 5.75 Å². The van der Waals surface area contributed by atoms with Gasteiger partial charge in [0.25, 0.3) is 15.9 Å². The maximum Gasteiger partial charge on any atom is 0.264 e. The van der Waals surface area contributed by atoms with Gasteiger partial charge in [-0.1, -0.05) is 15.9 Å². The molecule has 0 aliphatic carbocycles. The van der Waals surface area contributed by atoms with Gasteiger partial charge in [-0.05, 0) is 81.3 Å². The monoisotopic (exact) mass is 518 g/mol. The van der Waals surface area contributed by atoms with Crippen molar-refractivity contribution in [1.82, 2.24) is 9.97 Å². The average molecular weight is 519 g/mol. The Morgan fingerprint density at radius 1 is 0.969 bits per heavy atom. The second kappa shape index (κ2) is 9.66. The van der Waals surface area contributed by atoms with Gasteiger partial charge in [0, 0.05) is 21.5 Å². The number of aryl methyl sites for hydroxylation is 4. The molecule has 32 heavy (non-hydrogen) atoms. The Kier molecular flexibility index (Phi) is 7.15. The molecule has 3 aromatic rings. The molecule has 0 aliphatic rings. The normalized spacial score (nSPS) is 11.2. The van der Waals surface area contributed by atoms with Crippen LogP contribution in [0.2, 0.25) is 0 Å². The number of carbonyl (C=O) groups is 1. The first kappa shape index (κ1) is 23.7. The fraction of sp³-hybridized carbons (Fsp3) is 0.227. The molecule has 0 spiro atoms. The Labute approximate surface area is 195 Å². The van der Waals surface area contributed by atoms with Gasteiger partial charge in [0.15, 0.2) is 6.61 Å². The number of ether oxygens (including phenoxy) is 1. The van der Waals surface area contributed by atoms with Crippen LogP contribution in [0.25, 0.3) is 0 Å². The van der Waals surface area contributed by atoms with E-state index in [1.807, 2.05) is 26.0 Å². The molecular formula is C22H23BrN4O4S. The highest BCUT2D eigenvalue weighted by molar-refractivity contribution is 9.10. The molecule has 0 saturated carbocycles. The van der Waals surface area contributed by atoms with Crippen molar-refractivity contribution in [1.29, 1.82) is 0 Å². The fourth-order valence-electron chi connectivity index (χ4n) is 3.00. The molecule has 168 valence electrons. The van der Waals surface area contributed by atoms with Gasteiger partial charge in [0.2, 0.25) is 5.95 Å². The first-order valence-corrected chi connectivity index (χ1v) is 12.0. The Hall–Kier alpha value is -2.98. The molecule has 0 radical (unpaired) electrons. The molecule has 0 fully saturated rings. The van der Waals surface area contributed by atoms with Crippen molar-refractivity contribution < 1.29 is 17.9 Å². The fourth-order valence-corrected chi connectivity index (χ4v) is 4.18. The van der Waals surface area contributed by atoms with E-state index in [1.54, 1.807) is 19.9 Å². The highest BCUT2D eigenvalue weighted by Crippen LogP contribution is 2.26. The van der Waals surface area contributed by atoms with E-state index in [4.69, 9.17) is 4.74 Å². The van der Waals surface area contributed by atoms with E-state index in [0.717, 1.165) is 15.6 Å². The lowest BCUT2D eigenvalue weighted by molar-refractivity contribution is -0.118. The Balaban J connectivity index is 1.61. The summed E-state index contributed by atoms with van der Waals surface area (Å²) in [5, 5.41) is 2.68. The Morgan fingerprint density at radius 3 is 2.09 bits per heavy atom. The van der Waals surface area contributed by atoms with Gasteiger partial charge >= 0.3 is 0 Å². The van der Waals surface area contributed by atoms with Crippen molar-refractivity contribution in [2.24, 2.45) is 0 Å². The highest BCUT2D eigenvalue weighted by Gasteiger charge is 2.16. The third kappa shape index (κ3) is 6.04. The van der Waals surface area contributed by atoms with Crippen molar-refractivity contribution in [3.8, 4) is 5.75 Å². The number of sulfonamides is 1. The largest absolute Gasteiger partial charge is 0.484 e. The number of carbonyl (C=O) groups excluding carboxylic acids is 1. The minimum atomic E-state index is -3.87. The molecular weight excluding hydrogens is 496 g/mol. The lowest BCUT2D eigenvalue weighted by atomic mass is 10.1. The lowest BCUT2D eigenvalue weighted by Crippen LogP contribution is -2.20. The summed E-state index contributed by atoms with van der Waals surface area (Å²) in [4.78, 5) is 20.4. The predicted octanol–water partition coefficient (Wildman–Crippen LogP) is 4.29. The minimum absolute atomic E-state index is 0.00967. The molecule has 0 aliphatic heterocycles. The van der Waals surface area contributed by atoms with Crippen LogP contribution in [0.15, 0.2) is 51.8 Å². The zero-order valence-electron chi connectivity index (χ0n) is 18.1. The second-order valence-corrected chi connectivity index (χ2v) is 9.79. The molecule has 10 heteroatoms. The molecule has 0 bridgehead atoms. The van der Waals surface area contributed by atoms with Crippen molar-refractivity contribution in [3.63, 3.8) is 0 Å². The van der Waals surface area contributed by atoms with E-state index in [2.05, 4.69) is 35.9 Å². The van der Waals surface area contributed by atoms with Crippen LogP contribution in [0.5, 0.6) is 5.75 Å². The number of rotatable bonds is 7. The van der Waals surface area contributed by atoms with Crippen LogP contribution < -0.4 is 14.8 Å². The van der Waals surface area contributed by atoms with Crippen LogP contribution in [0.3, 0.4) is 0 Å². The quantitative estimate of drug-likeness (QED) is 0.482. The minimum Gasteiger partial charge on any atom is -0.484 e. The molecule has 0 saturated heterocycles. The third-order valence-corrected chi connectivity index (χ3v) is 7.03. The van der Waals surface area contributed by atoms with E-state index < -0.39 is 10.0 Å². The Bertz CT molecular complexity index is 1220. The van der Waals surface area contributed by atoms with E-state index >= 15 is 0 Å². The number of anilines is 2. The second-order valence-electron chi connectivity index (χ2n) is 7.31. The number of halogens is 1. The number of nitrogens with one attached hydrogen (secondary N) is 2. The first-order valence-electron chi connectivity index (χ1n) is 9.68. The zero-order valence-corrected chi connectivity index (χ0v) is 20.5. The van der Waals surface area contributed by atoms with E-state index in [0.29, 0.717) is 22.8 Å². The van der Waals surface area contributed by atoms with Crippen LogP contribution >= 0.6 is 15.9 Å². The summed E-state index contributed by atoms with van der Waals surface area (Å²) in [5.41, 5.74) is 3.78. The topological polar surface area (TPSA) is 110 Å². The van der Waals surface area contributed by atoms with Crippen molar-refractivity contribution in [3.05, 3.63) is 69.5 Å². The van der Waals surface area contributed by atoms with Crippen LogP contribution in [0, 0.1) is 27.7 Å². The molecule has 8 nitrogen and oxygen atoms in total. The van der Waals surface area contributed by atoms with Crippen molar-refractivity contribution in [2.45, 2.75) is 32.6 Å². The van der Waals surface area contributed by atoms with Gasteiger partial charge in [-0.3, -0.25) is 4.79 Å². The highest BCUT2D eigenvalue weighted by atomic mass is 79.9. The van der Waals surface area contributed by atoms with Gasteiger partial charge in [-0.15, -0.1) is 0 Å². The van der Waals surface area contributed by atoms with E-state index in [9.17, 15) is 13.2 Å². The predicted molar refractivity (Wildman–Crippen MR) is 126 cm³/mol. The number of amides is 1. The average Bonchev–Trinajstić information content (AvgIpc) is 2.69. The van der Waals surface area contributed by atoms with Crippen LogP contribution in [-0.2, 0) is 14.8 Å². The third-order valence-electron chi connectivity index (χ3n) is 4.44. The first-order chi connectivity index (χ1) is 15.0. The van der Waals surface area contributed by atoms with Gasteiger partial charge < -0.3 is 10.1 Å². The molecule has 3 rings (SSSR count). The summed E-state index contributed by atoms with van der Waals surface area (Å²) in [6.07, 6.45) is 0. The SMILES string of the molecule is Cc1cc(C)nc(NS(=O)(=O)c2ccc(NC(=O)COc3cc(C)c(Br)c(C)c3)cc2)n1. The molecule has 1 heterocycles. The summed E-state index contributed by atoms with van der Waals surface area (Å²) in [7, 11) is -3.87. The summed E-state index contributed by atoms with van der Waals surface area (Å²) < 4.78 is 34.1. The maximum absolute atomic E-state index is 12.6. The van der Waals surface area contributed by atoms with Crippen molar-refractivity contribution >= 4 is 43.5 Å². The van der Waals surface area contributed by atoms with Crippen molar-refractivity contribution in [2.75, 3.05) is 16.6 Å². The number of benzene rings is 2. The zero-order chi connectivity index (χ0) is 23.5. The summed E-state index contributed by atoms with van der Waals surface area (Å²) in [5.74, 6) is 0.246. The number of nitrogens with zero attached hydrogens (tertiary/aromatic N) is 2. The van der Waals surface area contributed by atoms with Gasteiger partial charge in [-0.2, -0.15) is 0 Å². The van der Waals surface area contributed by atoms with Crippen LogP contribution in [0.1, 0.15) is 22.5 Å². The summed E-state index contributed by atoms with van der Waals surface area (Å²) >= 11 is 3.49. The number of aromatic nitrogens is 2. The van der Waals surface area contributed by atoms with Gasteiger partial charge in [-0.25, -0.2) is 23.1 Å². The molecule has 2 aromatic carbocycles. The smallest absolute Gasteiger partial charge is 0.264 e. The van der Waals surface area contributed by atoms with Gasteiger partial charge in [0.05, 0.1) is 4.90 Å². The standard InChI is InChI=1S/C22H23BrN4O4S/c1-13-9-18(10-14(2)21(13)23)31-12-20(28)26-17-5-7-19(8-6-17)32(29,30)27-22-24-15(3)11-16(4)25-22/h5-11H,12H2,1-4H3,(H,26,28)(H,24,25,27). The molecule has 2 N–H and O–H groups in total. The lowest BCUT2D eigenvalue weighted by Gasteiger charge is -2.11. The maximum atomic E-state index is 12.6. The molecule has 1 amide bonds. The van der Waals surface area contributed by atoms with Crippen LogP contribution in [-0.4, -0.2) is 30.9 Å². The summed E-state index contributed by atoms with van der Waals surface area (Å²) in [6, 6.07) is 11.2. The Morgan fingerprint density at radius 2 is 1.53 bits per heavy atom. The van der Waals surface area contributed by atoms with E-state index in [-0.39, 0.29) is 23.4 Å².